The number of ether oxygens (including phenoxy) is 2. The molecule has 0 saturated heterocycles. The number of benzene rings is 1. The van der Waals surface area contributed by atoms with Crippen LogP contribution in [-0.4, -0.2) is 42.5 Å². The van der Waals surface area contributed by atoms with E-state index in [1.165, 1.54) is 32.1 Å². The van der Waals surface area contributed by atoms with Crippen molar-refractivity contribution in [3.63, 3.8) is 0 Å². The van der Waals surface area contributed by atoms with Gasteiger partial charge in [-0.15, -0.1) is 6.58 Å². The van der Waals surface area contributed by atoms with Gasteiger partial charge in [-0.1, -0.05) is 69.0 Å². The van der Waals surface area contributed by atoms with E-state index in [-0.39, 0.29) is 12.3 Å². The van der Waals surface area contributed by atoms with Crippen molar-refractivity contribution in [1.29, 1.82) is 0 Å². The summed E-state index contributed by atoms with van der Waals surface area (Å²) in [6, 6.07) is 10.3. The molecule has 1 heterocycles. The lowest BCUT2D eigenvalue weighted by molar-refractivity contribution is -0.130. The summed E-state index contributed by atoms with van der Waals surface area (Å²) in [5.74, 6) is 0. The molecule has 27 heavy (non-hydrogen) atoms. The molecule has 0 aromatic heterocycles. The van der Waals surface area contributed by atoms with Crippen LogP contribution in [0.1, 0.15) is 57.6 Å². The molecule has 4 heteroatoms. The van der Waals surface area contributed by atoms with Crippen molar-refractivity contribution in [2.45, 2.75) is 58.3 Å². The van der Waals surface area contributed by atoms with Crippen molar-refractivity contribution in [1.82, 2.24) is 9.80 Å². The largest absolute Gasteiger partial charge is 0.365 e. The molecule has 0 amide bonds. The smallest absolute Gasteiger partial charge is 0.161 e. The maximum Gasteiger partial charge on any atom is 0.161 e. The summed E-state index contributed by atoms with van der Waals surface area (Å²) in [5.41, 5.74) is 1.13. The SMILES string of the molecule is C=CCOC(c1ccccc1)C(OCC)N1C=CN(CCCCCCC)C1. The topological polar surface area (TPSA) is 24.9 Å². The summed E-state index contributed by atoms with van der Waals surface area (Å²) in [7, 11) is 0. The van der Waals surface area contributed by atoms with Gasteiger partial charge < -0.3 is 19.3 Å². The van der Waals surface area contributed by atoms with Gasteiger partial charge in [0, 0.05) is 25.6 Å². The van der Waals surface area contributed by atoms with Crippen molar-refractivity contribution in [2.75, 3.05) is 26.4 Å². The molecule has 150 valence electrons. The van der Waals surface area contributed by atoms with E-state index in [1.54, 1.807) is 6.08 Å². The molecule has 0 N–H and O–H groups in total. The minimum atomic E-state index is -0.154. The molecular weight excluding hydrogens is 336 g/mol. The number of hydrogen-bond acceptors (Lipinski definition) is 4. The molecule has 2 atom stereocenters. The van der Waals surface area contributed by atoms with Crippen LogP contribution >= 0.6 is 0 Å². The van der Waals surface area contributed by atoms with E-state index in [4.69, 9.17) is 9.47 Å². The van der Waals surface area contributed by atoms with Crippen molar-refractivity contribution >= 4 is 0 Å². The highest BCUT2D eigenvalue weighted by atomic mass is 16.6. The minimum Gasteiger partial charge on any atom is -0.365 e. The number of rotatable bonds is 14. The Morgan fingerprint density at radius 1 is 1.04 bits per heavy atom. The van der Waals surface area contributed by atoms with Gasteiger partial charge in [0.1, 0.15) is 6.10 Å². The molecule has 4 nitrogen and oxygen atoms in total. The normalized spacial score (nSPS) is 15.9. The van der Waals surface area contributed by atoms with Gasteiger partial charge in [0.05, 0.1) is 13.3 Å². The predicted octanol–water partition coefficient (Wildman–Crippen LogP) is 5.31. The molecule has 0 bridgehead atoms. The molecule has 0 aliphatic carbocycles. The Bertz CT molecular complexity index is 547. The summed E-state index contributed by atoms with van der Waals surface area (Å²) >= 11 is 0. The van der Waals surface area contributed by atoms with Crippen LogP contribution in [0.15, 0.2) is 55.4 Å². The average Bonchev–Trinajstić information content (AvgIpc) is 3.17. The van der Waals surface area contributed by atoms with Gasteiger partial charge in [-0.05, 0) is 18.9 Å². The summed E-state index contributed by atoms with van der Waals surface area (Å²) in [4.78, 5) is 4.61. The highest BCUT2D eigenvalue weighted by Gasteiger charge is 2.31. The van der Waals surface area contributed by atoms with E-state index in [9.17, 15) is 0 Å². The van der Waals surface area contributed by atoms with Crippen molar-refractivity contribution in [3.8, 4) is 0 Å². The third-order valence-electron chi connectivity index (χ3n) is 4.81. The van der Waals surface area contributed by atoms with Crippen LogP contribution in [0, 0.1) is 0 Å². The number of unbranched alkanes of at least 4 members (excludes halogenated alkanes) is 4. The first-order chi connectivity index (χ1) is 13.3. The van der Waals surface area contributed by atoms with Gasteiger partial charge >= 0.3 is 0 Å². The standard InChI is InChI=1S/C23H36N2O2/c1-4-7-8-9-13-16-24-17-18-25(20-24)23(26-6-3)22(27-19-5-2)21-14-11-10-12-15-21/h5,10-12,14-15,17-18,22-23H,2,4,6-9,13,16,19-20H2,1,3H3. The van der Waals surface area contributed by atoms with Gasteiger partial charge in [0.15, 0.2) is 6.23 Å². The lowest BCUT2D eigenvalue weighted by Crippen LogP contribution is -2.41. The lowest BCUT2D eigenvalue weighted by Gasteiger charge is -2.35. The van der Waals surface area contributed by atoms with E-state index in [0.717, 1.165) is 18.8 Å². The van der Waals surface area contributed by atoms with Crippen molar-refractivity contribution < 1.29 is 9.47 Å². The van der Waals surface area contributed by atoms with Crippen LogP contribution in [0.4, 0.5) is 0 Å². The van der Waals surface area contributed by atoms with E-state index in [2.05, 4.69) is 47.8 Å². The van der Waals surface area contributed by atoms with Crippen LogP contribution in [0.3, 0.4) is 0 Å². The predicted molar refractivity (Wildman–Crippen MR) is 112 cm³/mol. The highest BCUT2D eigenvalue weighted by Crippen LogP contribution is 2.28. The zero-order valence-corrected chi connectivity index (χ0v) is 17.1. The van der Waals surface area contributed by atoms with Crippen LogP contribution in [0.2, 0.25) is 0 Å². The van der Waals surface area contributed by atoms with E-state index in [1.807, 2.05) is 25.1 Å². The maximum atomic E-state index is 6.13. The number of hydrogen-bond donors (Lipinski definition) is 0. The molecule has 1 aromatic rings. The molecule has 2 rings (SSSR count). The first-order valence-electron chi connectivity index (χ1n) is 10.4. The summed E-state index contributed by atoms with van der Waals surface area (Å²) < 4.78 is 12.3. The van der Waals surface area contributed by atoms with Gasteiger partial charge in [0.2, 0.25) is 0 Å². The Labute approximate surface area is 165 Å². The van der Waals surface area contributed by atoms with E-state index < -0.39 is 0 Å². The summed E-state index contributed by atoms with van der Waals surface area (Å²) in [5, 5.41) is 0. The quantitative estimate of drug-likeness (QED) is 0.326. The Balaban J connectivity index is 1.98. The fourth-order valence-corrected chi connectivity index (χ4v) is 3.40. The monoisotopic (exact) mass is 372 g/mol. The third-order valence-corrected chi connectivity index (χ3v) is 4.81. The highest BCUT2D eigenvalue weighted by molar-refractivity contribution is 5.19. The molecule has 2 unspecified atom stereocenters. The molecule has 1 aliphatic heterocycles. The maximum absolute atomic E-state index is 6.13. The van der Waals surface area contributed by atoms with E-state index >= 15 is 0 Å². The molecule has 0 radical (unpaired) electrons. The van der Waals surface area contributed by atoms with Crippen LogP contribution in [0.5, 0.6) is 0 Å². The second-order valence-corrected chi connectivity index (χ2v) is 6.98. The fraction of sp³-hybridized carbons (Fsp3) is 0.565. The van der Waals surface area contributed by atoms with Crippen LogP contribution in [-0.2, 0) is 9.47 Å². The Morgan fingerprint density at radius 2 is 1.81 bits per heavy atom. The van der Waals surface area contributed by atoms with Gasteiger partial charge in [0.25, 0.3) is 0 Å². The Kier molecular flexibility index (Phi) is 10.0. The first-order valence-corrected chi connectivity index (χ1v) is 10.4. The van der Waals surface area contributed by atoms with Gasteiger partial charge in [-0.3, -0.25) is 0 Å². The second kappa shape index (κ2) is 12.6. The van der Waals surface area contributed by atoms with Crippen LogP contribution < -0.4 is 0 Å². The summed E-state index contributed by atoms with van der Waals surface area (Å²) in [6.45, 7) is 11.2. The zero-order valence-electron chi connectivity index (χ0n) is 17.1. The van der Waals surface area contributed by atoms with E-state index in [0.29, 0.717) is 13.2 Å². The second-order valence-electron chi connectivity index (χ2n) is 6.98. The van der Waals surface area contributed by atoms with Crippen molar-refractivity contribution in [2.24, 2.45) is 0 Å². The number of nitrogens with zero attached hydrogens (tertiary/aromatic N) is 2. The summed E-state index contributed by atoms with van der Waals surface area (Å²) in [6.07, 6.45) is 12.3. The van der Waals surface area contributed by atoms with Gasteiger partial charge in [-0.25, -0.2) is 0 Å². The Hall–Kier alpha value is -1.78. The molecule has 0 fully saturated rings. The molecule has 0 saturated carbocycles. The third kappa shape index (κ3) is 7.04. The molecule has 1 aliphatic rings. The van der Waals surface area contributed by atoms with Crippen LogP contribution in [0.25, 0.3) is 0 Å². The first kappa shape index (κ1) is 21.5. The average molecular weight is 373 g/mol. The Morgan fingerprint density at radius 3 is 2.52 bits per heavy atom. The molecule has 1 aromatic carbocycles. The lowest BCUT2D eigenvalue weighted by atomic mass is 10.1. The zero-order chi connectivity index (χ0) is 19.3. The molecular formula is C23H36N2O2. The minimum absolute atomic E-state index is 0.154. The van der Waals surface area contributed by atoms with Gasteiger partial charge in [-0.2, -0.15) is 0 Å². The fourth-order valence-electron chi connectivity index (χ4n) is 3.40. The molecule has 0 spiro atoms. The van der Waals surface area contributed by atoms with Crippen molar-refractivity contribution in [3.05, 3.63) is 61.0 Å².